The maximum atomic E-state index is 12.7. The lowest BCUT2D eigenvalue weighted by molar-refractivity contribution is 0.00578. The molecule has 122 valence electrons. The molecule has 2 aliphatic heterocycles. The average Bonchev–Trinajstić information content (AvgIpc) is 2.83. The molecule has 5 heteroatoms. The zero-order valence-corrected chi connectivity index (χ0v) is 14.4. The summed E-state index contributed by atoms with van der Waals surface area (Å²) in [7, 11) is -0.399. The number of carbonyl (C=O) groups excluding carboxylic acids is 1. The van der Waals surface area contributed by atoms with Crippen molar-refractivity contribution in [2.24, 2.45) is 0 Å². The van der Waals surface area contributed by atoms with E-state index in [1.165, 1.54) is 6.42 Å². The smallest absolute Gasteiger partial charge is 0.399 e. The minimum Gasteiger partial charge on any atom is -0.399 e. The van der Waals surface area contributed by atoms with Crippen molar-refractivity contribution in [3.8, 4) is 0 Å². The number of carbonyl (C=O) groups is 1. The summed E-state index contributed by atoms with van der Waals surface area (Å²) >= 11 is 0. The van der Waals surface area contributed by atoms with Gasteiger partial charge in [-0.05, 0) is 64.1 Å². The fraction of sp³-hybridized carbons (Fsp3) is 0.611. The van der Waals surface area contributed by atoms with Gasteiger partial charge in [0, 0.05) is 18.2 Å². The van der Waals surface area contributed by atoms with Crippen molar-refractivity contribution in [3.63, 3.8) is 0 Å². The van der Waals surface area contributed by atoms with Crippen LogP contribution in [0.4, 0.5) is 0 Å². The minimum absolute atomic E-state index is 0.170. The predicted octanol–water partition coefficient (Wildman–Crippen LogP) is 2.49. The molecule has 0 unspecified atom stereocenters. The molecule has 4 nitrogen and oxygen atoms in total. The van der Waals surface area contributed by atoms with E-state index in [0.717, 1.165) is 29.4 Å². The molecule has 1 saturated heterocycles. The molecule has 3 aliphatic rings. The van der Waals surface area contributed by atoms with Crippen molar-refractivity contribution >= 4 is 18.5 Å². The molecule has 2 fully saturated rings. The van der Waals surface area contributed by atoms with Crippen LogP contribution < -0.4 is 5.46 Å². The van der Waals surface area contributed by atoms with Crippen LogP contribution in [0.5, 0.6) is 0 Å². The first-order chi connectivity index (χ1) is 10.8. The Bertz CT molecular complexity index is 650. The van der Waals surface area contributed by atoms with Gasteiger partial charge < -0.3 is 14.2 Å². The topological polar surface area (TPSA) is 38.8 Å². The summed E-state index contributed by atoms with van der Waals surface area (Å²) in [6.07, 6.45) is 3.49. The van der Waals surface area contributed by atoms with Crippen LogP contribution in [0, 0.1) is 0 Å². The Morgan fingerprint density at radius 3 is 2.35 bits per heavy atom. The molecule has 0 atom stereocenters. The number of hydrogen-bond acceptors (Lipinski definition) is 3. The highest BCUT2D eigenvalue weighted by Crippen LogP contribution is 2.38. The Hall–Kier alpha value is -1.33. The summed E-state index contributed by atoms with van der Waals surface area (Å²) in [5.74, 6) is 0.170. The number of benzene rings is 1. The van der Waals surface area contributed by atoms with Crippen molar-refractivity contribution in [1.82, 2.24) is 4.90 Å². The molecule has 23 heavy (non-hydrogen) atoms. The third-order valence-corrected chi connectivity index (χ3v) is 6.05. The van der Waals surface area contributed by atoms with E-state index in [-0.39, 0.29) is 17.1 Å². The van der Waals surface area contributed by atoms with Gasteiger partial charge >= 0.3 is 7.12 Å². The zero-order chi connectivity index (χ0) is 16.4. The van der Waals surface area contributed by atoms with E-state index in [0.29, 0.717) is 12.6 Å². The SMILES string of the molecule is CC1(C)OB(c2cccc3c2CN(C2CCC2)C3=O)OC1(C)C. The van der Waals surface area contributed by atoms with E-state index < -0.39 is 7.12 Å². The van der Waals surface area contributed by atoms with Gasteiger partial charge in [0.1, 0.15) is 0 Å². The second-order valence-electron chi connectivity index (χ2n) is 7.98. The maximum Gasteiger partial charge on any atom is 0.495 e. The molecule has 1 aliphatic carbocycles. The first-order valence-corrected chi connectivity index (χ1v) is 8.58. The first-order valence-electron chi connectivity index (χ1n) is 8.58. The Labute approximate surface area is 138 Å². The van der Waals surface area contributed by atoms with E-state index in [1.807, 2.05) is 23.1 Å². The van der Waals surface area contributed by atoms with Gasteiger partial charge in [-0.25, -0.2) is 0 Å². The Morgan fingerprint density at radius 1 is 1.13 bits per heavy atom. The van der Waals surface area contributed by atoms with E-state index in [2.05, 4.69) is 27.7 Å². The van der Waals surface area contributed by atoms with Gasteiger partial charge in [-0.15, -0.1) is 0 Å². The van der Waals surface area contributed by atoms with Crippen LogP contribution in [0.1, 0.15) is 62.9 Å². The molecule has 1 aromatic rings. The zero-order valence-electron chi connectivity index (χ0n) is 14.4. The summed E-state index contributed by atoms with van der Waals surface area (Å²) in [6.45, 7) is 8.92. The second-order valence-corrected chi connectivity index (χ2v) is 7.98. The third kappa shape index (κ3) is 2.17. The van der Waals surface area contributed by atoms with Crippen molar-refractivity contribution in [1.29, 1.82) is 0 Å². The lowest BCUT2D eigenvalue weighted by Crippen LogP contribution is -2.41. The number of amides is 1. The Kier molecular flexibility index (Phi) is 3.20. The fourth-order valence-corrected chi connectivity index (χ4v) is 3.56. The molecular weight excluding hydrogens is 289 g/mol. The highest BCUT2D eigenvalue weighted by atomic mass is 16.7. The van der Waals surface area contributed by atoms with Gasteiger partial charge in [-0.3, -0.25) is 4.79 Å². The van der Waals surface area contributed by atoms with Crippen LogP contribution in [0.25, 0.3) is 0 Å². The van der Waals surface area contributed by atoms with Gasteiger partial charge in [-0.1, -0.05) is 12.1 Å². The summed E-state index contributed by atoms with van der Waals surface area (Å²) in [5.41, 5.74) is 2.19. The predicted molar refractivity (Wildman–Crippen MR) is 89.7 cm³/mol. The summed E-state index contributed by atoms with van der Waals surface area (Å²) in [5, 5.41) is 0. The molecule has 0 aromatic heterocycles. The molecule has 0 radical (unpaired) electrons. The molecule has 1 saturated carbocycles. The van der Waals surface area contributed by atoms with Gasteiger partial charge in [0.15, 0.2) is 0 Å². The van der Waals surface area contributed by atoms with Crippen LogP contribution >= 0.6 is 0 Å². The molecule has 0 N–H and O–H groups in total. The molecule has 1 aromatic carbocycles. The standard InChI is InChI=1S/C18H24BNO3/c1-17(2)18(3,4)23-19(22-17)15-10-6-9-13-14(15)11-20(16(13)21)12-7-5-8-12/h6,9-10,12H,5,7-8,11H2,1-4H3. The van der Waals surface area contributed by atoms with Crippen LogP contribution in [-0.2, 0) is 15.9 Å². The summed E-state index contributed by atoms with van der Waals surface area (Å²) in [4.78, 5) is 14.7. The van der Waals surface area contributed by atoms with Crippen molar-refractivity contribution in [2.45, 2.75) is 70.7 Å². The number of fused-ring (bicyclic) bond motifs is 1. The quantitative estimate of drug-likeness (QED) is 0.788. The number of rotatable bonds is 2. The lowest BCUT2D eigenvalue weighted by Gasteiger charge is -2.34. The third-order valence-electron chi connectivity index (χ3n) is 6.05. The van der Waals surface area contributed by atoms with Crippen LogP contribution in [0.3, 0.4) is 0 Å². The van der Waals surface area contributed by atoms with Crippen molar-refractivity contribution in [2.75, 3.05) is 0 Å². The van der Waals surface area contributed by atoms with Gasteiger partial charge in [0.05, 0.1) is 11.2 Å². The van der Waals surface area contributed by atoms with E-state index in [4.69, 9.17) is 9.31 Å². The van der Waals surface area contributed by atoms with E-state index >= 15 is 0 Å². The largest absolute Gasteiger partial charge is 0.495 e. The Morgan fingerprint density at radius 2 is 1.78 bits per heavy atom. The van der Waals surface area contributed by atoms with Gasteiger partial charge in [0.2, 0.25) is 0 Å². The lowest BCUT2D eigenvalue weighted by atomic mass is 9.75. The highest BCUT2D eigenvalue weighted by molar-refractivity contribution is 6.62. The monoisotopic (exact) mass is 313 g/mol. The van der Waals surface area contributed by atoms with Gasteiger partial charge in [0.25, 0.3) is 5.91 Å². The average molecular weight is 313 g/mol. The van der Waals surface area contributed by atoms with Crippen LogP contribution in [-0.4, -0.2) is 35.2 Å². The van der Waals surface area contributed by atoms with E-state index in [1.54, 1.807) is 0 Å². The molecule has 1 amide bonds. The molecule has 0 bridgehead atoms. The highest BCUT2D eigenvalue weighted by Gasteiger charge is 2.53. The molecular formula is C18H24BNO3. The fourth-order valence-electron chi connectivity index (χ4n) is 3.56. The molecule has 2 heterocycles. The second kappa shape index (κ2) is 4.84. The summed E-state index contributed by atoms with van der Waals surface area (Å²) in [6, 6.07) is 6.34. The van der Waals surface area contributed by atoms with Gasteiger partial charge in [-0.2, -0.15) is 0 Å². The first kappa shape index (κ1) is 15.2. The van der Waals surface area contributed by atoms with Crippen LogP contribution in [0.15, 0.2) is 18.2 Å². The van der Waals surface area contributed by atoms with Crippen LogP contribution in [0.2, 0.25) is 0 Å². The van der Waals surface area contributed by atoms with Crippen molar-refractivity contribution in [3.05, 3.63) is 29.3 Å². The Balaban J connectivity index is 1.67. The number of nitrogens with zero attached hydrogens (tertiary/aromatic N) is 1. The number of hydrogen-bond donors (Lipinski definition) is 0. The molecule has 4 rings (SSSR count). The van der Waals surface area contributed by atoms with E-state index in [9.17, 15) is 4.79 Å². The van der Waals surface area contributed by atoms with Crippen molar-refractivity contribution < 1.29 is 14.1 Å². The normalized spacial score (nSPS) is 25.7. The maximum absolute atomic E-state index is 12.7. The molecule has 0 spiro atoms. The summed E-state index contributed by atoms with van der Waals surface area (Å²) < 4.78 is 12.4. The minimum atomic E-state index is -0.399.